The van der Waals surface area contributed by atoms with Gasteiger partial charge in [0.1, 0.15) is 23.9 Å². The molecule has 0 aliphatic rings. The zero-order valence-corrected chi connectivity index (χ0v) is 18.6. The summed E-state index contributed by atoms with van der Waals surface area (Å²) >= 11 is 5.66. The van der Waals surface area contributed by atoms with Gasteiger partial charge in [0.05, 0.1) is 18.2 Å². The summed E-state index contributed by atoms with van der Waals surface area (Å²) in [6, 6.07) is 6.22. The number of carbonyl (C=O) groups is 1. The van der Waals surface area contributed by atoms with Crippen LogP contribution >= 0.6 is 11.6 Å². The third-order valence-corrected chi connectivity index (χ3v) is 4.98. The Morgan fingerprint density at radius 3 is 2.64 bits per heavy atom. The highest BCUT2D eigenvalue weighted by Gasteiger charge is 2.32. The van der Waals surface area contributed by atoms with Gasteiger partial charge in [0, 0.05) is 30.6 Å². The van der Waals surface area contributed by atoms with E-state index >= 15 is 0 Å². The van der Waals surface area contributed by atoms with Gasteiger partial charge in [-0.05, 0) is 30.2 Å². The van der Waals surface area contributed by atoms with Crippen LogP contribution in [0, 0.1) is 23.6 Å². The highest BCUT2D eigenvalue weighted by Crippen LogP contribution is 2.28. The number of hydrogen-bond acceptors (Lipinski definition) is 4. The molecule has 1 N–H and O–H groups in total. The van der Waals surface area contributed by atoms with E-state index in [-0.39, 0.29) is 24.8 Å². The quantitative estimate of drug-likeness (QED) is 0.358. The number of rotatable bonds is 11. The monoisotopic (exact) mass is 486 g/mol. The number of amides is 1. The first kappa shape index (κ1) is 26.4. The van der Waals surface area contributed by atoms with E-state index in [1.54, 1.807) is 6.07 Å². The minimum absolute atomic E-state index is 0.00625. The van der Waals surface area contributed by atoms with E-state index in [2.05, 4.69) is 16.2 Å². The maximum Gasteiger partial charge on any atom is 0.433 e. The molecule has 0 aliphatic carbocycles. The molecule has 0 radical (unpaired) electrons. The Hall–Kier alpha value is -2.83. The molecule has 0 spiro atoms. The minimum atomic E-state index is -4.51. The molecule has 0 fully saturated rings. The number of ether oxygens (including phenoxy) is 2. The van der Waals surface area contributed by atoms with Crippen molar-refractivity contribution in [1.82, 2.24) is 10.3 Å². The first-order valence-electron chi connectivity index (χ1n) is 9.90. The molecule has 1 heterocycles. The van der Waals surface area contributed by atoms with E-state index in [0.29, 0.717) is 30.7 Å². The molecule has 5 nitrogen and oxygen atoms in total. The number of benzene rings is 1. The molecule has 33 heavy (non-hydrogen) atoms. The summed E-state index contributed by atoms with van der Waals surface area (Å²) in [6.45, 7) is 2.05. The molecule has 1 amide bonds. The van der Waals surface area contributed by atoms with Crippen molar-refractivity contribution in [3.05, 3.63) is 58.6 Å². The third kappa shape index (κ3) is 8.91. The van der Waals surface area contributed by atoms with Crippen LogP contribution in [0.2, 0.25) is 5.02 Å². The van der Waals surface area contributed by atoms with Crippen LogP contribution in [0.15, 0.2) is 36.5 Å². The molecular weight excluding hydrogens is 464 g/mol. The van der Waals surface area contributed by atoms with E-state index < -0.39 is 29.0 Å². The Morgan fingerprint density at radius 1 is 1.27 bits per heavy atom. The number of nitrogens with one attached hydrogen (secondary N) is 1. The van der Waals surface area contributed by atoms with Crippen LogP contribution in [0.4, 0.5) is 17.6 Å². The van der Waals surface area contributed by atoms with Crippen molar-refractivity contribution in [2.75, 3.05) is 19.8 Å². The molecule has 1 aromatic heterocycles. The lowest BCUT2D eigenvalue weighted by Crippen LogP contribution is -2.34. The van der Waals surface area contributed by atoms with Crippen LogP contribution in [-0.4, -0.2) is 30.6 Å². The van der Waals surface area contributed by atoms with Gasteiger partial charge < -0.3 is 14.8 Å². The molecule has 0 bridgehead atoms. The number of pyridine rings is 1. The fraction of sp³-hybridized carbons (Fsp3) is 0.391. The summed E-state index contributed by atoms with van der Waals surface area (Å²) in [5.41, 5.74) is -1.07. The van der Waals surface area contributed by atoms with Gasteiger partial charge >= 0.3 is 6.18 Å². The van der Waals surface area contributed by atoms with Crippen LogP contribution in [0.5, 0.6) is 5.75 Å². The molecular formula is C23H23ClF4N2O3. The maximum atomic E-state index is 13.6. The van der Waals surface area contributed by atoms with Crippen LogP contribution in [-0.2, 0) is 22.3 Å². The van der Waals surface area contributed by atoms with Gasteiger partial charge in [-0.2, -0.15) is 13.2 Å². The second kappa shape index (κ2) is 11.9. The molecule has 0 saturated carbocycles. The number of alkyl halides is 3. The standard InChI is InChI=1S/C23H23ClF4N2O3/c1-3-8-22(2,15-33-17-5-6-18(24)19(25)11-17)9-10-29-21(31)14-32-13-16-4-7-20(30-12-16)23(26,27)28/h1,4-7,11-12H,8-10,13-15H2,2H3,(H,29,31). The molecule has 1 atom stereocenters. The van der Waals surface area contributed by atoms with Crippen molar-refractivity contribution in [1.29, 1.82) is 0 Å². The Kier molecular flexibility index (Phi) is 9.50. The summed E-state index contributed by atoms with van der Waals surface area (Å²) in [7, 11) is 0. The van der Waals surface area contributed by atoms with E-state index in [1.807, 2.05) is 6.92 Å². The van der Waals surface area contributed by atoms with Crippen LogP contribution in [0.1, 0.15) is 31.0 Å². The van der Waals surface area contributed by atoms with Crippen molar-refractivity contribution in [2.24, 2.45) is 5.41 Å². The van der Waals surface area contributed by atoms with E-state index in [9.17, 15) is 22.4 Å². The zero-order valence-electron chi connectivity index (χ0n) is 17.8. The van der Waals surface area contributed by atoms with Gasteiger partial charge in [0.15, 0.2) is 0 Å². The summed E-state index contributed by atoms with van der Waals surface area (Å²) in [6.07, 6.45) is 2.86. The van der Waals surface area contributed by atoms with Gasteiger partial charge in [0.25, 0.3) is 0 Å². The molecule has 2 aromatic rings. The van der Waals surface area contributed by atoms with Gasteiger partial charge in [-0.1, -0.05) is 24.6 Å². The summed E-state index contributed by atoms with van der Waals surface area (Å²) in [5, 5.41) is 2.69. The normalized spacial score (nSPS) is 13.1. The highest BCUT2D eigenvalue weighted by atomic mass is 35.5. The van der Waals surface area contributed by atoms with E-state index in [1.165, 1.54) is 18.2 Å². The summed E-state index contributed by atoms with van der Waals surface area (Å²) < 4.78 is 62.0. The Balaban J connectivity index is 1.74. The highest BCUT2D eigenvalue weighted by molar-refractivity contribution is 6.30. The van der Waals surface area contributed by atoms with E-state index in [4.69, 9.17) is 27.5 Å². The fourth-order valence-corrected chi connectivity index (χ4v) is 2.89. The fourth-order valence-electron chi connectivity index (χ4n) is 2.78. The number of nitrogens with zero attached hydrogens (tertiary/aromatic N) is 1. The third-order valence-electron chi connectivity index (χ3n) is 4.67. The predicted molar refractivity (Wildman–Crippen MR) is 115 cm³/mol. The first-order chi connectivity index (χ1) is 15.5. The number of halogens is 5. The average molecular weight is 487 g/mol. The zero-order chi connectivity index (χ0) is 24.5. The molecule has 10 heteroatoms. The van der Waals surface area contributed by atoms with Gasteiger partial charge in [-0.3, -0.25) is 9.78 Å². The lowest BCUT2D eigenvalue weighted by molar-refractivity contribution is -0.141. The second-order valence-electron chi connectivity index (χ2n) is 7.70. The summed E-state index contributed by atoms with van der Waals surface area (Å²) in [5.74, 6) is 1.91. The van der Waals surface area contributed by atoms with Gasteiger partial charge in [0.2, 0.25) is 5.91 Å². The Bertz CT molecular complexity index is 977. The number of carbonyl (C=O) groups excluding carboxylic acids is 1. The van der Waals surface area contributed by atoms with Crippen molar-refractivity contribution >= 4 is 17.5 Å². The number of hydrogen-bond donors (Lipinski definition) is 1. The maximum absolute atomic E-state index is 13.6. The molecule has 1 aromatic carbocycles. The molecule has 2 rings (SSSR count). The molecule has 1 unspecified atom stereocenters. The molecule has 178 valence electrons. The largest absolute Gasteiger partial charge is 0.493 e. The van der Waals surface area contributed by atoms with Crippen molar-refractivity contribution in [3.8, 4) is 18.1 Å². The lowest BCUT2D eigenvalue weighted by Gasteiger charge is -2.27. The van der Waals surface area contributed by atoms with Crippen molar-refractivity contribution < 1.29 is 31.8 Å². The minimum Gasteiger partial charge on any atom is -0.493 e. The lowest BCUT2D eigenvalue weighted by atomic mass is 9.84. The van der Waals surface area contributed by atoms with Crippen LogP contribution < -0.4 is 10.1 Å². The van der Waals surface area contributed by atoms with Crippen LogP contribution in [0.3, 0.4) is 0 Å². The number of terminal acetylenes is 1. The smallest absolute Gasteiger partial charge is 0.433 e. The second-order valence-corrected chi connectivity index (χ2v) is 8.11. The Labute approximate surface area is 194 Å². The SMILES string of the molecule is C#CCC(C)(CCNC(=O)COCc1ccc(C(F)(F)F)nc1)COc1ccc(Cl)c(F)c1. The number of aromatic nitrogens is 1. The molecule has 0 saturated heterocycles. The topological polar surface area (TPSA) is 60.5 Å². The first-order valence-corrected chi connectivity index (χ1v) is 10.3. The van der Waals surface area contributed by atoms with Crippen molar-refractivity contribution in [3.63, 3.8) is 0 Å². The van der Waals surface area contributed by atoms with Gasteiger partial charge in [-0.15, -0.1) is 12.3 Å². The van der Waals surface area contributed by atoms with E-state index in [0.717, 1.165) is 12.3 Å². The Morgan fingerprint density at radius 2 is 2.03 bits per heavy atom. The predicted octanol–water partition coefficient (Wildman–Crippen LogP) is 5.02. The summed E-state index contributed by atoms with van der Waals surface area (Å²) in [4.78, 5) is 15.3. The average Bonchev–Trinajstić information content (AvgIpc) is 2.75. The van der Waals surface area contributed by atoms with Crippen molar-refractivity contribution in [2.45, 2.75) is 32.5 Å². The molecule has 0 aliphatic heterocycles. The van der Waals surface area contributed by atoms with Gasteiger partial charge in [-0.25, -0.2) is 4.39 Å². The van der Waals surface area contributed by atoms with Crippen LogP contribution in [0.25, 0.3) is 0 Å².